The molecule has 0 saturated heterocycles. The van der Waals surface area contributed by atoms with Gasteiger partial charge in [0.1, 0.15) is 0 Å². The van der Waals surface area contributed by atoms with Crippen molar-refractivity contribution < 1.29 is 35.8 Å². The smallest absolute Gasteiger partial charge is 0.227 e. The van der Waals surface area contributed by atoms with E-state index in [9.17, 15) is 4.79 Å². The monoisotopic (exact) mass is 401 g/mol. The lowest BCUT2D eigenvalue weighted by Crippen LogP contribution is -3.00. The predicted octanol–water partition coefficient (Wildman–Crippen LogP) is 0.340. The van der Waals surface area contributed by atoms with Crippen LogP contribution in [-0.4, -0.2) is 20.0 Å². The standard InChI is InChI=1S/C20H20NO3.BrH/c1-14-17-12-20(24-3)19(23-2)11-16(17)9-10-21(14)13-18(22)15-7-5-4-6-8-15;/h4-12H,13H2,1-3H3;1H/q+1;/p-1. The molecule has 0 fully saturated rings. The SMILES string of the molecule is COc1cc2cc[n+](CC(=O)c3ccccc3)c(C)c2cc1OC.[Br-]. The first kappa shape index (κ1) is 18.9. The quantitative estimate of drug-likeness (QED) is 0.457. The molecule has 5 heteroatoms. The number of aromatic nitrogens is 1. The van der Waals surface area contributed by atoms with E-state index in [4.69, 9.17) is 9.47 Å². The number of nitrogens with zero attached hydrogens (tertiary/aromatic N) is 1. The van der Waals surface area contributed by atoms with Crippen LogP contribution in [0.2, 0.25) is 0 Å². The van der Waals surface area contributed by atoms with E-state index in [0.717, 1.165) is 22.0 Å². The van der Waals surface area contributed by atoms with Gasteiger partial charge in [-0.05, 0) is 17.5 Å². The Morgan fingerprint density at radius 3 is 2.28 bits per heavy atom. The Hall–Kier alpha value is -2.40. The lowest BCUT2D eigenvalue weighted by molar-refractivity contribution is -0.687. The van der Waals surface area contributed by atoms with E-state index in [0.29, 0.717) is 18.0 Å². The first-order valence-electron chi connectivity index (χ1n) is 7.77. The third-order valence-corrected chi connectivity index (χ3v) is 4.22. The van der Waals surface area contributed by atoms with Gasteiger partial charge in [0.2, 0.25) is 12.3 Å². The van der Waals surface area contributed by atoms with E-state index in [1.54, 1.807) is 14.2 Å². The van der Waals surface area contributed by atoms with E-state index in [1.165, 1.54) is 0 Å². The van der Waals surface area contributed by atoms with E-state index < -0.39 is 0 Å². The molecule has 0 N–H and O–H groups in total. The van der Waals surface area contributed by atoms with Crippen molar-refractivity contribution in [1.29, 1.82) is 0 Å². The first-order chi connectivity index (χ1) is 11.6. The van der Waals surface area contributed by atoms with Crippen molar-refractivity contribution in [3.63, 3.8) is 0 Å². The highest BCUT2D eigenvalue weighted by Gasteiger charge is 2.18. The second-order valence-corrected chi connectivity index (χ2v) is 5.61. The van der Waals surface area contributed by atoms with Gasteiger partial charge >= 0.3 is 0 Å². The zero-order valence-electron chi connectivity index (χ0n) is 14.5. The number of ketones is 1. The molecule has 130 valence electrons. The van der Waals surface area contributed by atoms with E-state index in [-0.39, 0.29) is 22.8 Å². The van der Waals surface area contributed by atoms with Crippen LogP contribution in [-0.2, 0) is 6.54 Å². The molecular weight excluding hydrogens is 382 g/mol. The van der Waals surface area contributed by atoms with Crippen molar-refractivity contribution in [2.24, 2.45) is 0 Å². The van der Waals surface area contributed by atoms with Gasteiger partial charge in [0.05, 0.1) is 19.6 Å². The molecule has 0 atom stereocenters. The van der Waals surface area contributed by atoms with Crippen molar-refractivity contribution in [2.45, 2.75) is 13.5 Å². The average molecular weight is 402 g/mol. The predicted molar refractivity (Wildman–Crippen MR) is 92.8 cm³/mol. The number of ether oxygens (including phenoxy) is 2. The fraction of sp³-hybridized carbons (Fsp3) is 0.200. The lowest BCUT2D eigenvalue weighted by Gasteiger charge is -2.10. The summed E-state index contributed by atoms with van der Waals surface area (Å²) in [5.74, 6) is 1.46. The number of halogens is 1. The summed E-state index contributed by atoms with van der Waals surface area (Å²) in [7, 11) is 3.24. The summed E-state index contributed by atoms with van der Waals surface area (Å²) in [5, 5.41) is 2.09. The van der Waals surface area contributed by atoms with Gasteiger partial charge in [0.15, 0.2) is 23.4 Å². The number of Topliss-reactive ketones (excluding diaryl/α,β-unsaturated/α-hetero) is 1. The van der Waals surface area contributed by atoms with Gasteiger partial charge in [-0.25, -0.2) is 0 Å². The molecule has 0 unspecified atom stereocenters. The molecule has 1 heterocycles. The van der Waals surface area contributed by atoms with Gasteiger partial charge in [0, 0.05) is 18.6 Å². The molecule has 2 aromatic carbocycles. The second kappa shape index (κ2) is 8.12. The van der Waals surface area contributed by atoms with Gasteiger partial charge in [-0.15, -0.1) is 0 Å². The highest BCUT2D eigenvalue weighted by Crippen LogP contribution is 2.32. The summed E-state index contributed by atoms with van der Waals surface area (Å²) in [6, 6.07) is 15.2. The minimum Gasteiger partial charge on any atom is -1.00 e. The highest BCUT2D eigenvalue weighted by molar-refractivity contribution is 5.95. The zero-order chi connectivity index (χ0) is 17.1. The average Bonchev–Trinajstić information content (AvgIpc) is 2.63. The molecule has 0 saturated carbocycles. The van der Waals surface area contributed by atoms with Gasteiger partial charge in [0.25, 0.3) is 0 Å². The maximum absolute atomic E-state index is 12.5. The van der Waals surface area contributed by atoms with Crippen LogP contribution in [0, 0.1) is 6.92 Å². The number of aryl methyl sites for hydroxylation is 1. The summed E-state index contributed by atoms with van der Waals surface area (Å²) in [5.41, 5.74) is 1.73. The largest absolute Gasteiger partial charge is 1.00 e. The topological polar surface area (TPSA) is 39.4 Å². The molecule has 1 aromatic heterocycles. The molecule has 3 rings (SSSR count). The Bertz CT molecular complexity index is 894. The fourth-order valence-electron chi connectivity index (χ4n) is 2.82. The molecule has 0 radical (unpaired) electrons. The lowest BCUT2D eigenvalue weighted by atomic mass is 10.1. The fourth-order valence-corrected chi connectivity index (χ4v) is 2.82. The van der Waals surface area contributed by atoms with Crippen molar-refractivity contribution in [2.75, 3.05) is 14.2 Å². The molecule has 3 aromatic rings. The number of hydrogen-bond donors (Lipinski definition) is 0. The van der Waals surface area contributed by atoms with Crippen LogP contribution in [0.5, 0.6) is 11.5 Å². The van der Waals surface area contributed by atoms with Gasteiger partial charge in [-0.2, -0.15) is 4.57 Å². The Kier molecular flexibility index (Phi) is 6.15. The number of benzene rings is 2. The molecule has 4 nitrogen and oxygen atoms in total. The van der Waals surface area contributed by atoms with E-state index in [2.05, 4.69) is 0 Å². The van der Waals surface area contributed by atoms with Crippen LogP contribution in [0.15, 0.2) is 54.7 Å². The molecule has 0 spiro atoms. The summed E-state index contributed by atoms with van der Waals surface area (Å²) in [4.78, 5) is 12.5. The summed E-state index contributed by atoms with van der Waals surface area (Å²) >= 11 is 0. The van der Waals surface area contributed by atoms with Crippen LogP contribution in [0.1, 0.15) is 16.1 Å². The molecule has 0 aliphatic heterocycles. The number of carbonyl (C=O) groups excluding carboxylic acids is 1. The van der Waals surface area contributed by atoms with E-state index >= 15 is 0 Å². The molecular formula is C20H20BrNO3. The number of methoxy groups -OCH3 is 2. The van der Waals surface area contributed by atoms with Crippen molar-refractivity contribution in [3.8, 4) is 11.5 Å². The molecule has 0 aliphatic carbocycles. The third kappa shape index (κ3) is 3.82. The van der Waals surface area contributed by atoms with Crippen LogP contribution < -0.4 is 31.0 Å². The van der Waals surface area contributed by atoms with Crippen LogP contribution in [0.3, 0.4) is 0 Å². The Morgan fingerprint density at radius 2 is 1.64 bits per heavy atom. The first-order valence-corrected chi connectivity index (χ1v) is 7.77. The Morgan fingerprint density at radius 1 is 1.00 bits per heavy atom. The number of carbonyl (C=O) groups is 1. The molecule has 0 amide bonds. The minimum atomic E-state index is 0. The third-order valence-electron chi connectivity index (χ3n) is 4.22. The molecule has 25 heavy (non-hydrogen) atoms. The van der Waals surface area contributed by atoms with Gasteiger partial charge in [-0.1, -0.05) is 30.3 Å². The number of rotatable bonds is 5. The van der Waals surface area contributed by atoms with Crippen LogP contribution in [0.4, 0.5) is 0 Å². The van der Waals surface area contributed by atoms with Crippen LogP contribution >= 0.6 is 0 Å². The summed E-state index contributed by atoms with van der Waals surface area (Å²) < 4.78 is 12.7. The number of pyridine rings is 1. The Labute approximate surface area is 157 Å². The van der Waals surface area contributed by atoms with Crippen LogP contribution in [0.25, 0.3) is 10.8 Å². The van der Waals surface area contributed by atoms with Crippen molar-refractivity contribution in [1.82, 2.24) is 0 Å². The second-order valence-electron chi connectivity index (χ2n) is 5.61. The number of hydrogen-bond acceptors (Lipinski definition) is 3. The van der Waals surface area contributed by atoms with Gasteiger partial charge in [-0.3, -0.25) is 4.79 Å². The number of fused-ring (bicyclic) bond motifs is 1. The van der Waals surface area contributed by atoms with Gasteiger partial charge < -0.3 is 26.5 Å². The van der Waals surface area contributed by atoms with Crippen molar-refractivity contribution in [3.05, 3.63) is 66.0 Å². The Balaban J connectivity index is 0.00000225. The maximum atomic E-state index is 12.5. The normalized spacial score (nSPS) is 10.2. The molecule has 0 aliphatic rings. The summed E-state index contributed by atoms with van der Waals surface area (Å²) in [6.45, 7) is 2.31. The zero-order valence-corrected chi connectivity index (χ0v) is 16.0. The molecule has 0 bridgehead atoms. The minimum absolute atomic E-state index is 0. The van der Waals surface area contributed by atoms with Crippen molar-refractivity contribution >= 4 is 16.6 Å². The highest BCUT2D eigenvalue weighted by atomic mass is 79.9. The summed E-state index contributed by atoms with van der Waals surface area (Å²) in [6.07, 6.45) is 1.93. The van der Waals surface area contributed by atoms with E-state index in [1.807, 2.05) is 66.2 Å². The maximum Gasteiger partial charge on any atom is 0.227 e.